The molecule has 218 valence electrons. The lowest BCUT2D eigenvalue weighted by Gasteiger charge is -2.42. The van der Waals surface area contributed by atoms with Gasteiger partial charge in [0.2, 0.25) is 5.91 Å². The number of likely N-dealkylation sites (tertiary alicyclic amines) is 1. The molecule has 3 fully saturated rings. The molecule has 39 heavy (non-hydrogen) atoms. The quantitative estimate of drug-likeness (QED) is 0.576. The Hall–Kier alpha value is -2.60. The number of alkyl halides is 3. The molecule has 1 aliphatic carbocycles. The van der Waals surface area contributed by atoms with Gasteiger partial charge in [0.25, 0.3) is 0 Å². The number of piperidine rings is 1. The number of halogens is 3. The number of methoxy groups -OCH3 is 2. The molecule has 9 nitrogen and oxygen atoms in total. The second-order valence-electron chi connectivity index (χ2n) is 11.2. The first kappa shape index (κ1) is 29.4. The van der Waals surface area contributed by atoms with Crippen LogP contribution in [0, 0.1) is 11.3 Å². The Morgan fingerprint density at radius 3 is 2.44 bits per heavy atom. The molecule has 0 spiro atoms. The van der Waals surface area contributed by atoms with Crippen LogP contribution in [-0.2, 0) is 20.4 Å². The summed E-state index contributed by atoms with van der Waals surface area (Å²) in [5, 5.41) is 3.73. The number of piperazine rings is 1. The number of anilines is 1. The number of carbonyl (C=O) groups is 2. The number of pyridine rings is 1. The van der Waals surface area contributed by atoms with Crippen molar-refractivity contribution >= 4 is 17.8 Å². The standard InChI is InChI=1S/C27H40F3N5O4/c1-18(2)26(8-5-20(16-26)32-21-7-10-35(25(37)39-4)17-22(21)38-3)24(36)34-13-11-33(12-14-34)23-15-19(6-9-31-23)27(28,29)30/h6,9,15,18,20-22,32H,5,7-8,10-14,16-17H2,1-4H3/t20-,21?,22?,26+/m1/s1. The Morgan fingerprint density at radius 2 is 1.82 bits per heavy atom. The molecular weight excluding hydrogens is 515 g/mol. The summed E-state index contributed by atoms with van der Waals surface area (Å²) < 4.78 is 50.0. The van der Waals surface area contributed by atoms with E-state index in [0.29, 0.717) is 45.7 Å². The third-order valence-corrected chi connectivity index (χ3v) is 8.79. The summed E-state index contributed by atoms with van der Waals surface area (Å²) in [7, 11) is 3.02. The van der Waals surface area contributed by atoms with Gasteiger partial charge in [-0.15, -0.1) is 0 Å². The van der Waals surface area contributed by atoms with Crippen molar-refractivity contribution in [1.29, 1.82) is 0 Å². The van der Waals surface area contributed by atoms with Gasteiger partial charge in [-0.2, -0.15) is 13.2 Å². The first-order chi connectivity index (χ1) is 18.5. The zero-order valence-corrected chi connectivity index (χ0v) is 23.2. The van der Waals surface area contributed by atoms with Gasteiger partial charge in [-0.3, -0.25) is 4.79 Å². The van der Waals surface area contributed by atoms with E-state index in [1.807, 2.05) is 9.80 Å². The molecule has 3 heterocycles. The van der Waals surface area contributed by atoms with E-state index in [0.717, 1.165) is 31.4 Å². The summed E-state index contributed by atoms with van der Waals surface area (Å²) in [4.78, 5) is 35.4. The summed E-state index contributed by atoms with van der Waals surface area (Å²) >= 11 is 0. The predicted molar refractivity (Wildman–Crippen MR) is 139 cm³/mol. The van der Waals surface area contributed by atoms with Crippen molar-refractivity contribution in [2.75, 3.05) is 58.4 Å². The lowest BCUT2D eigenvalue weighted by molar-refractivity contribution is -0.145. The van der Waals surface area contributed by atoms with E-state index in [2.05, 4.69) is 24.1 Å². The van der Waals surface area contributed by atoms with Crippen molar-refractivity contribution in [1.82, 2.24) is 20.1 Å². The van der Waals surface area contributed by atoms with Gasteiger partial charge in [-0.1, -0.05) is 13.8 Å². The lowest BCUT2D eigenvalue weighted by atomic mass is 9.74. The highest BCUT2D eigenvalue weighted by molar-refractivity contribution is 5.84. The molecule has 0 radical (unpaired) electrons. The summed E-state index contributed by atoms with van der Waals surface area (Å²) in [6, 6.07) is 2.27. The van der Waals surface area contributed by atoms with E-state index < -0.39 is 17.2 Å². The molecule has 2 aliphatic heterocycles. The Balaban J connectivity index is 1.36. The summed E-state index contributed by atoms with van der Waals surface area (Å²) in [6.45, 7) is 6.98. The summed E-state index contributed by atoms with van der Waals surface area (Å²) in [5.41, 5.74) is -1.22. The summed E-state index contributed by atoms with van der Waals surface area (Å²) in [5.74, 6) is 0.549. The Labute approximate surface area is 228 Å². The van der Waals surface area contributed by atoms with Crippen LogP contribution in [0.4, 0.5) is 23.8 Å². The van der Waals surface area contributed by atoms with Crippen LogP contribution in [0.15, 0.2) is 18.3 Å². The van der Waals surface area contributed by atoms with E-state index in [-0.39, 0.29) is 41.9 Å². The first-order valence-electron chi connectivity index (χ1n) is 13.7. The minimum absolute atomic E-state index is 0.0717. The van der Waals surface area contributed by atoms with Crippen molar-refractivity contribution in [2.45, 2.75) is 63.9 Å². The second-order valence-corrected chi connectivity index (χ2v) is 11.2. The van der Waals surface area contributed by atoms with Crippen LogP contribution >= 0.6 is 0 Å². The van der Waals surface area contributed by atoms with Crippen LogP contribution in [0.25, 0.3) is 0 Å². The van der Waals surface area contributed by atoms with Gasteiger partial charge in [0.15, 0.2) is 0 Å². The fourth-order valence-electron chi connectivity index (χ4n) is 6.35. The monoisotopic (exact) mass is 555 g/mol. The van der Waals surface area contributed by atoms with E-state index in [1.54, 1.807) is 12.0 Å². The van der Waals surface area contributed by atoms with E-state index in [4.69, 9.17) is 9.47 Å². The van der Waals surface area contributed by atoms with Crippen molar-refractivity contribution in [3.63, 3.8) is 0 Å². The molecule has 1 aromatic rings. The SMILES string of the molecule is COC(=O)N1CCC(N[C@@H]2CC[C@@](C(=O)N3CCN(c4cc(C(F)(F)F)ccn4)CC3)(C(C)C)C2)C(OC)C1. The average molecular weight is 556 g/mol. The molecule has 1 N–H and O–H groups in total. The number of hydrogen-bond donors (Lipinski definition) is 1. The molecular formula is C27H40F3N5O4. The number of aromatic nitrogens is 1. The molecule has 1 saturated carbocycles. The normalized spacial score (nSPS) is 28.2. The fraction of sp³-hybridized carbons (Fsp3) is 0.741. The van der Waals surface area contributed by atoms with Gasteiger partial charge < -0.3 is 29.5 Å². The van der Waals surface area contributed by atoms with Crippen LogP contribution in [0.5, 0.6) is 0 Å². The Bertz CT molecular complexity index is 1020. The number of nitrogens with zero attached hydrogens (tertiary/aromatic N) is 4. The number of hydrogen-bond acceptors (Lipinski definition) is 7. The molecule has 0 bridgehead atoms. The third kappa shape index (κ3) is 6.26. The van der Waals surface area contributed by atoms with Crippen LogP contribution in [0.3, 0.4) is 0 Å². The topological polar surface area (TPSA) is 87.2 Å². The molecule has 4 atom stereocenters. The van der Waals surface area contributed by atoms with Crippen LogP contribution in [-0.4, -0.2) is 98.5 Å². The zero-order valence-electron chi connectivity index (χ0n) is 23.2. The molecule has 2 saturated heterocycles. The van der Waals surface area contributed by atoms with Gasteiger partial charge in [-0.25, -0.2) is 9.78 Å². The Kier molecular flexibility index (Phi) is 8.95. The van der Waals surface area contributed by atoms with E-state index >= 15 is 0 Å². The summed E-state index contributed by atoms with van der Waals surface area (Å²) in [6.07, 6.45) is -0.674. The lowest BCUT2D eigenvalue weighted by Crippen LogP contribution is -2.57. The molecule has 2 amide bonds. The van der Waals surface area contributed by atoms with Gasteiger partial charge in [0.05, 0.1) is 30.7 Å². The zero-order chi connectivity index (χ0) is 28.4. The number of rotatable bonds is 6. The molecule has 2 unspecified atom stereocenters. The van der Waals surface area contributed by atoms with Crippen molar-refractivity contribution in [3.05, 3.63) is 23.9 Å². The maximum absolute atomic E-state index is 13.9. The number of amides is 2. The number of carbonyl (C=O) groups excluding carboxylic acids is 2. The highest BCUT2D eigenvalue weighted by atomic mass is 19.4. The van der Waals surface area contributed by atoms with E-state index in [9.17, 15) is 22.8 Å². The fourth-order valence-corrected chi connectivity index (χ4v) is 6.35. The van der Waals surface area contributed by atoms with Crippen molar-refractivity contribution < 1.29 is 32.2 Å². The predicted octanol–water partition coefficient (Wildman–Crippen LogP) is 3.39. The number of nitrogens with one attached hydrogen (secondary N) is 1. The van der Waals surface area contributed by atoms with Crippen molar-refractivity contribution in [3.8, 4) is 0 Å². The molecule has 0 aromatic carbocycles. The number of ether oxygens (including phenoxy) is 2. The minimum atomic E-state index is -4.42. The molecule has 3 aliphatic rings. The van der Waals surface area contributed by atoms with Crippen molar-refractivity contribution in [2.24, 2.45) is 11.3 Å². The molecule has 12 heteroatoms. The van der Waals surface area contributed by atoms with Crippen LogP contribution in [0.1, 0.15) is 45.1 Å². The van der Waals surface area contributed by atoms with Gasteiger partial charge >= 0.3 is 12.3 Å². The van der Waals surface area contributed by atoms with Crippen LogP contribution in [0.2, 0.25) is 0 Å². The van der Waals surface area contributed by atoms with Crippen LogP contribution < -0.4 is 10.2 Å². The first-order valence-corrected chi connectivity index (χ1v) is 13.7. The Morgan fingerprint density at radius 1 is 1.10 bits per heavy atom. The van der Waals surface area contributed by atoms with Gasteiger partial charge in [-0.05, 0) is 43.7 Å². The highest BCUT2D eigenvalue weighted by Gasteiger charge is 2.50. The van der Waals surface area contributed by atoms with Gasteiger partial charge in [0.1, 0.15) is 5.82 Å². The third-order valence-electron chi connectivity index (χ3n) is 8.79. The molecule has 1 aromatic heterocycles. The second kappa shape index (κ2) is 11.9. The minimum Gasteiger partial charge on any atom is -0.453 e. The maximum atomic E-state index is 13.9. The molecule has 4 rings (SSSR count). The highest BCUT2D eigenvalue weighted by Crippen LogP contribution is 2.46. The largest absolute Gasteiger partial charge is 0.453 e. The smallest absolute Gasteiger partial charge is 0.416 e. The van der Waals surface area contributed by atoms with Gasteiger partial charge in [0, 0.05) is 58.1 Å². The maximum Gasteiger partial charge on any atom is 0.416 e. The van der Waals surface area contributed by atoms with E-state index in [1.165, 1.54) is 13.3 Å². The average Bonchev–Trinajstić information content (AvgIpc) is 3.37.